The van der Waals surface area contributed by atoms with Gasteiger partial charge in [-0.1, -0.05) is 0 Å². The summed E-state index contributed by atoms with van der Waals surface area (Å²) in [6.45, 7) is 2.82. The van der Waals surface area contributed by atoms with Crippen molar-refractivity contribution in [2.45, 2.75) is 36.6 Å². The molecule has 0 saturated carbocycles. The molecule has 0 aromatic heterocycles. The maximum Gasteiger partial charge on any atom is 0.160 e. The minimum absolute atomic E-state index is 0.840. The lowest BCUT2D eigenvalue weighted by molar-refractivity contribution is 0.0327. The lowest BCUT2D eigenvalue weighted by atomic mass is 10.1. The summed E-state index contributed by atoms with van der Waals surface area (Å²) in [6.07, 6.45) is -2.26. The fourth-order valence-corrected chi connectivity index (χ4v) is 3.06. The lowest BCUT2D eigenvalue weighted by Gasteiger charge is -2.08. The summed E-state index contributed by atoms with van der Waals surface area (Å²) in [7, 11) is -3.30. The molecule has 0 aliphatic carbocycles. The molecule has 0 aromatic carbocycles. The van der Waals surface area contributed by atoms with Crippen LogP contribution in [0.25, 0.3) is 0 Å². The van der Waals surface area contributed by atoms with Gasteiger partial charge in [-0.25, -0.2) is 8.42 Å². The van der Waals surface area contributed by atoms with Crippen LogP contribution in [-0.4, -0.2) is 41.3 Å². The first-order valence-electron chi connectivity index (χ1n) is 3.48. The minimum Gasteiger partial charge on any atom is -0.389 e. The Balaban J connectivity index is 3.06. The van der Waals surface area contributed by atoms with Gasteiger partial charge in [0.2, 0.25) is 0 Å². The van der Waals surface area contributed by atoms with Crippen molar-refractivity contribution in [3.63, 3.8) is 0 Å². The summed E-state index contributed by atoms with van der Waals surface area (Å²) in [5, 5.41) is 16.6. The molecule has 66 valence electrons. The molecule has 0 spiro atoms. The summed E-state index contributed by atoms with van der Waals surface area (Å²) in [6, 6.07) is 0. The number of hydrogen-bond acceptors (Lipinski definition) is 4. The predicted molar refractivity (Wildman–Crippen MR) is 39.9 cm³/mol. The van der Waals surface area contributed by atoms with Crippen LogP contribution in [0.3, 0.4) is 0 Å². The largest absolute Gasteiger partial charge is 0.389 e. The highest BCUT2D eigenvalue weighted by Gasteiger charge is 2.48. The van der Waals surface area contributed by atoms with Gasteiger partial charge in [0, 0.05) is 0 Å². The minimum atomic E-state index is -3.30. The summed E-state index contributed by atoms with van der Waals surface area (Å²) >= 11 is 0. The number of sulfone groups is 1. The third kappa shape index (κ3) is 1.07. The molecule has 0 radical (unpaired) electrons. The van der Waals surface area contributed by atoms with Crippen LogP contribution in [0.15, 0.2) is 0 Å². The molecule has 4 unspecified atom stereocenters. The molecular formula is C6H12O4S. The average molecular weight is 180 g/mol. The van der Waals surface area contributed by atoms with Crippen LogP contribution in [0.1, 0.15) is 13.8 Å². The highest BCUT2D eigenvalue weighted by molar-refractivity contribution is 7.93. The van der Waals surface area contributed by atoms with Gasteiger partial charge in [-0.2, -0.15) is 0 Å². The van der Waals surface area contributed by atoms with Crippen molar-refractivity contribution in [2.24, 2.45) is 0 Å². The van der Waals surface area contributed by atoms with Crippen molar-refractivity contribution in [3.05, 3.63) is 0 Å². The van der Waals surface area contributed by atoms with E-state index in [2.05, 4.69) is 0 Å². The maximum absolute atomic E-state index is 11.2. The number of hydrogen-bond donors (Lipinski definition) is 2. The Morgan fingerprint density at radius 1 is 1.00 bits per heavy atom. The molecule has 1 rings (SSSR count). The first-order chi connectivity index (χ1) is 4.89. The van der Waals surface area contributed by atoms with Crippen molar-refractivity contribution < 1.29 is 18.6 Å². The van der Waals surface area contributed by atoms with Crippen molar-refractivity contribution >= 4 is 9.84 Å². The molecule has 1 aliphatic rings. The van der Waals surface area contributed by atoms with Crippen molar-refractivity contribution in [3.8, 4) is 0 Å². The van der Waals surface area contributed by atoms with E-state index in [1.165, 1.54) is 13.8 Å². The van der Waals surface area contributed by atoms with E-state index >= 15 is 0 Å². The second-order valence-corrected chi connectivity index (χ2v) is 5.65. The second kappa shape index (κ2) is 2.43. The highest BCUT2D eigenvalue weighted by atomic mass is 32.2. The molecule has 11 heavy (non-hydrogen) atoms. The molecule has 2 N–H and O–H groups in total. The predicted octanol–water partition coefficient (Wildman–Crippen LogP) is -1.09. The Bertz CT molecular complexity index is 225. The van der Waals surface area contributed by atoms with Gasteiger partial charge in [0.15, 0.2) is 9.84 Å². The summed E-state index contributed by atoms with van der Waals surface area (Å²) < 4.78 is 22.4. The van der Waals surface area contributed by atoms with E-state index in [1.54, 1.807) is 0 Å². The van der Waals surface area contributed by atoms with Gasteiger partial charge in [0.05, 0.1) is 22.7 Å². The Morgan fingerprint density at radius 3 is 1.36 bits per heavy atom. The van der Waals surface area contributed by atoms with Crippen molar-refractivity contribution in [1.29, 1.82) is 0 Å². The fraction of sp³-hybridized carbons (Fsp3) is 1.00. The SMILES string of the molecule is CC1C(O)C(O)C(C)S1(=O)=O. The van der Waals surface area contributed by atoms with Gasteiger partial charge in [0.25, 0.3) is 0 Å². The summed E-state index contributed by atoms with van der Waals surface area (Å²) in [5.41, 5.74) is 0. The molecule has 0 aromatic rings. The second-order valence-electron chi connectivity index (χ2n) is 2.98. The molecule has 1 heterocycles. The van der Waals surface area contributed by atoms with Gasteiger partial charge < -0.3 is 10.2 Å². The summed E-state index contributed by atoms with van der Waals surface area (Å²) in [4.78, 5) is 0. The van der Waals surface area contributed by atoms with Crippen LogP contribution >= 0.6 is 0 Å². The van der Waals surface area contributed by atoms with Gasteiger partial charge >= 0.3 is 0 Å². The number of aliphatic hydroxyl groups is 2. The van der Waals surface area contributed by atoms with Gasteiger partial charge in [-0.15, -0.1) is 0 Å². The van der Waals surface area contributed by atoms with Crippen molar-refractivity contribution in [2.75, 3.05) is 0 Å². The van der Waals surface area contributed by atoms with Crippen LogP contribution in [0.5, 0.6) is 0 Å². The van der Waals surface area contributed by atoms with Gasteiger partial charge in [-0.05, 0) is 13.8 Å². The molecule has 0 bridgehead atoms. The Labute approximate surface area is 65.8 Å². The average Bonchev–Trinajstić information content (AvgIpc) is 2.06. The molecule has 0 amide bonds. The standard InChI is InChI=1S/C6H12O4S/c1-3-5(7)6(8)4(2)11(3,9)10/h3-8H,1-2H3. The van der Waals surface area contributed by atoms with Crippen LogP contribution in [-0.2, 0) is 9.84 Å². The zero-order chi connectivity index (χ0) is 8.81. The fourth-order valence-electron chi connectivity index (χ4n) is 1.28. The van der Waals surface area contributed by atoms with E-state index in [4.69, 9.17) is 10.2 Å². The van der Waals surface area contributed by atoms with E-state index in [1.807, 2.05) is 0 Å². The monoisotopic (exact) mass is 180 g/mol. The number of rotatable bonds is 0. The molecule has 4 nitrogen and oxygen atoms in total. The Hall–Kier alpha value is -0.130. The van der Waals surface area contributed by atoms with Crippen LogP contribution in [0.2, 0.25) is 0 Å². The third-order valence-electron chi connectivity index (χ3n) is 2.35. The van der Waals surface area contributed by atoms with E-state index in [0.717, 1.165) is 0 Å². The third-order valence-corrected chi connectivity index (χ3v) is 4.98. The van der Waals surface area contributed by atoms with Gasteiger partial charge in [-0.3, -0.25) is 0 Å². The first-order valence-corrected chi connectivity index (χ1v) is 5.09. The number of aliphatic hydroxyl groups excluding tert-OH is 2. The maximum atomic E-state index is 11.2. The quantitative estimate of drug-likeness (QED) is 0.497. The molecule has 4 atom stereocenters. The van der Waals surface area contributed by atoms with Gasteiger partial charge in [0.1, 0.15) is 0 Å². The normalized spacial score (nSPS) is 49.5. The topological polar surface area (TPSA) is 74.6 Å². The molecule has 5 heteroatoms. The van der Waals surface area contributed by atoms with E-state index in [9.17, 15) is 8.42 Å². The Morgan fingerprint density at radius 2 is 1.27 bits per heavy atom. The lowest BCUT2D eigenvalue weighted by Crippen LogP contribution is -2.30. The van der Waals surface area contributed by atoms with E-state index < -0.39 is 32.5 Å². The van der Waals surface area contributed by atoms with Crippen LogP contribution < -0.4 is 0 Å². The molecule has 1 aliphatic heterocycles. The van der Waals surface area contributed by atoms with E-state index in [0.29, 0.717) is 0 Å². The zero-order valence-electron chi connectivity index (χ0n) is 6.43. The summed E-state index contributed by atoms with van der Waals surface area (Å²) in [5.74, 6) is 0. The molecular weight excluding hydrogens is 168 g/mol. The first kappa shape index (κ1) is 8.96. The molecule has 1 fully saturated rings. The van der Waals surface area contributed by atoms with E-state index in [-0.39, 0.29) is 0 Å². The van der Waals surface area contributed by atoms with Crippen molar-refractivity contribution in [1.82, 2.24) is 0 Å². The smallest absolute Gasteiger partial charge is 0.160 e. The van der Waals surface area contributed by atoms with Crippen LogP contribution in [0, 0.1) is 0 Å². The van der Waals surface area contributed by atoms with Crippen LogP contribution in [0.4, 0.5) is 0 Å². The highest BCUT2D eigenvalue weighted by Crippen LogP contribution is 2.27. The zero-order valence-corrected chi connectivity index (χ0v) is 7.25. The Kier molecular flexibility index (Phi) is 1.98. The molecule has 1 saturated heterocycles.